The van der Waals surface area contributed by atoms with Gasteiger partial charge in [0.05, 0.1) is 5.56 Å². The zero-order chi connectivity index (χ0) is 17.1. The molecule has 5 heteroatoms. The van der Waals surface area contributed by atoms with Gasteiger partial charge in [0, 0.05) is 37.5 Å². The molecule has 122 valence electrons. The third kappa shape index (κ3) is 3.91. The van der Waals surface area contributed by atoms with Crippen LogP contribution in [0.25, 0.3) is 0 Å². The van der Waals surface area contributed by atoms with E-state index in [0.29, 0.717) is 17.3 Å². The van der Waals surface area contributed by atoms with E-state index in [1.165, 1.54) is 5.56 Å². The third-order valence-corrected chi connectivity index (χ3v) is 4.15. The molecule has 4 nitrogen and oxygen atoms in total. The zero-order valence-corrected chi connectivity index (χ0v) is 15.8. The number of halogens is 1. The van der Waals surface area contributed by atoms with Gasteiger partial charge in [-0.25, -0.2) is 4.98 Å². The number of nitrogens with zero attached hydrogens (tertiary/aromatic N) is 3. The Morgan fingerprint density at radius 3 is 2.48 bits per heavy atom. The molecule has 0 N–H and O–H groups in total. The van der Waals surface area contributed by atoms with Crippen LogP contribution < -0.4 is 9.80 Å². The van der Waals surface area contributed by atoms with Crippen molar-refractivity contribution in [3.63, 3.8) is 0 Å². The van der Waals surface area contributed by atoms with Gasteiger partial charge in [0.15, 0.2) is 0 Å². The summed E-state index contributed by atoms with van der Waals surface area (Å²) in [6.07, 6.45) is 1.70. The Bertz CT molecular complexity index is 713. The molecule has 1 aromatic heterocycles. The normalized spacial score (nSPS) is 10.7. The smallest absolute Gasteiger partial charge is 0.261 e. The van der Waals surface area contributed by atoms with E-state index in [1.807, 2.05) is 37.2 Å². The Morgan fingerprint density at radius 2 is 1.87 bits per heavy atom. The van der Waals surface area contributed by atoms with E-state index in [1.54, 1.807) is 18.1 Å². The molecule has 0 saturated heterocycles. The fourth-order valence-electron chi connectivity index (χ4n) is 2.34. The van der Waals surface area contributed by atoms with Crippen molar-refractivity contribution in [1.29, 1.82) is 0 Å². The monoisotopic (exact) mass is 375 g/mol. The molecule has 1 aromatic carbocycles. The highest BCUT2D eigenvalue weighted by atomic mass is 79.9. The molecule has 0 radical (unpaired) electrons. The van der Waals surface area contributed by atoms with Crippen LogP contribution in [0, 0.1) is 0 Å². The van der Waals surface area contributed by atoms with Crippen LogP contribution in [0.15, 0.2) is 41.0 Å². The SMILES string of the molecule is CC(C)c1cccc(N(C)C(=O)c2cc(Br)cnc2N(C)C)c1. The van der Waals surface area contributed by atoms with Gasteiger partial charge in [-0.05, 0) is 45.6 Å². The lowest BCUT2D eigenvalue weighted by Gasteiger charge is -2.22. The summed E-state index contributed by atoms with van der Waals surface area (Å²) in [5.41, 5.74) is 2.66. The summed E-state index contributed by atoms with van der Waals surface area (Å²) in [6.45, 7) is 4.28. The topological polar surface area (TPSA) is 36.4 Å². The van der Waals surface area contributed by atoms with Crippen molar-refractivity contribution in [2.24, 2.45) is 0 Å². The molecule has 0 aliphatic carbocycles. The minimum atomic E-state index is -0.0802. The second-order valence-corrected chi connectivity index (χ2v) is 6.95. The first-order valence-corrected chi connectivity index (χ1v) is 8.31. The number of aromatic nitrogens is 1. The number of amides is 1. The zero-order valence-electron chi connectivity index (χ0n) is 14.2. The summed E-state index contributed by atoms with van der Waals surface area (Å²) in [5, 5.41) is 0. The highest BCUT2D eigenvalue weighted by Gasteiger charge is 2.20. The average Bonchev–Trinajstić information content (AvgIpc) is 2.53. The molecule has 0 spiro atoms. The number of benzene rings is 1. The molecule has 0 aliphatic rings. The van der Waals surface area contributed by atoms with Crippen molar-refractivity contribution in [3.05, 3.63) is 52.1 Å². The molecule has 0 aliphatic heterocycles. The van der Waals surface area contributed by atoms with Gasteiger partial charge < -0.3 is 9.80 Å². The molecule has 1 amide bonds. The van der Waals surface area contributed by atoms with Gasteiger partial charge in [0.2, 0.25) is 0 Å². The molecule has 23 heavy (non-hydrogen) atoms. The standard InChI is InChI=1S/C18H22BrN3O/c1-12(2)13-7-6-8-15(9-13)22(5)18(23)16-10-14(19)11-20-17(16)21(3)4/h6-12H,1-5H3. The van der Waals surface area contributed by atoms with Crippen LogP contribution in [-0.2, 0) is 0 Å². The maximum atomic E-state index is 12.9. The van der Waals surface area contributed by atoms with E-state index >= 15 is 0 Å². The van der Waals surface area contributed by atoms with Crippen LogP contribution in [0.2, 0.25) is 0 Å². The number of carbonyl (C=O) groups is 1. The summed E-state index contributed by atoms with van der Waals surface area (Å²) < 4.78 is 0.788. The molecule has 0 atom stereocenters. The van der Waals surface area contributed by atoms with Gasteiger partial charge in [-0.15, -0.1) is 0 Å². The van der Waals surface area contributed by atoms with Gasteiger partial charge >= 0.3 is 0 Å². The number of hydrogen-bond acceptors (Lipinski definition) is 3. The maximum Gasteiger partial charge on any atom is 0.261 e. The van der Waals surface area contributed by atoms with Gasteiger partial charge in [-0.1, -0.05) is 26.0 Å². The second kappa shape index (κ2) is 7.13. The molecule has 0 unspecified atom stereocenters. The highest BCUT2D eigenvalue weighted by Crippen LogP contribution is 2.25. The number of carbonyl (C=O) groups excluding carboxylic acids is 1. The van der Waals surface area contributed by atoms with E-state index < -0.39 is 0 Å². The van der Waals surface area contributed by atoms with E-state index in [4.69, 9.17) is 0 Å². The van der Waals surface area contributed by atoms with E-state index in [2.05, 4.69) is 46.9 Å². The first-order chi connectivity index (χ1) is 10.8. The lowest BCUT2D eigenvalue weighted by molar-refractivity contribution is 0.0993. The summed E-state index contributed by atoms with van der Waals surface area (Å²) in [7, 11) is 5.56. The number of rotatable bonds is 4. The van der Waals surface area contributed by atoms with Crippen molar-refractivity contribution in [1.82, 2.24) is 4.98 Å². The lowest BCUT2D eigenvalue weighted by Crippen LogP contribution is -2.28. The van der Waals surface area contributed by atoms with Crippen LogP contribution in [0.1, 0.15) is 35.7 Å². The van der Waals surface area contributed by atoms with Gasteiger partial charge in [-0.2, -0.15) is 0 Å². The summed E-state index contributed by atoms with van der Waals surface area (Å²) in [4.78, 5) is 20.8. The molecule has 0 bridgehead atoms. The third-order valence-electron chi connectivity index (χ3n) is 3.72. The first-order valence-electron chi connectivity index (χ1n) is 7.52. The first kappa shape index (κ1) is 17.5. The lowest BCUT2D eigenvalue weighted by atomic mass is 10.0. The predicted octanol–water partition coefficient (Wildman–Crippen LogP) is 4.31. The van der Waals surface area contributed by atoms with Gasteiger partial charge in [0.1, 0.15) is 5.82 Å². The number of anilines is 2. The minimum absolute atomic E-state index is 0.0802. The molecule has 2 rings (SSSR count). The van der Waals surface area contributed by atoms with Crippen LogP contribution in [-0.4, -0.2) is 32.0 Å². The number of hydrogen-bond donors (Lipinski definition) is 0. The summed E-state index contributed by atoms with van der Waals surface area (Å²) in [6, 6.07) is 9.89. The Kier molecular flexibility index (Phi) is 5.42. The van der Waals surface area contributed by atoms with Crippen LogP contribution in [0.4, 0.5) is 11.5 Å². The second-order valence-electron chi connectivity index (χ2n) is 6.03. The van der Waals surface area contributed by atoms with Gasteiger partial charge in [-0.3, -0.25) is 4.79 Å². The molecule has 2 aromatic rings. The fraction of sp³-hybridized carbons (Fsp3) is 0.333. The number of pyridine rings is 1. The predicted molar refractivity (Wildman–Crippen MR) is 99.5 cm³/mol. The molecule has 0 fully saturated rings. The van der Waals surface area contributed by atoms with Crippen molar-refractivity contribution < 1.29 is 4.79 Å². The van der Waals surface area contributed by atoms with E-state index in [0.717, 1.165) is 10.2 Å². The fourth-order valence-corrected chi connectivity index (χ4v) is 2.67. The average molecular weight is 376 g/mol. The van der Waals surface area contributed by atoms with Crippen LogP contribution in [0.3, 0.4) is 0 Å². The largest absolute Gasteiger partial charge is 0.362 e. The Balaban J connectivity index is 2.40. The minimum Gasteiger partial charge on any atom is -0.362 e. The molecule has 1 heterocycles. The summed E-state index contributed by atoms with van der Waals surface area (Å²) >= 11 is 3.40. The van der Waals surface area contributed by atoms with Crippen molar-refractivity contribution in [2.45, 2.75) is 19.8 Å². The molecular weight excluding hydrogens is 354 g/mol. The molecule has 0 saturated carbocycles. The Morgan fingerprint density at radius 1 is 1.17 bits per heavy atom. The Labute approximate surface area is 146 Å². The van der Waals surface area contributed by atoms with E-state index in [9.17, 15) is 4.79 Å². The Hall–Kier alpha value is -1.88. The van der Waals surface area contributed by atoms with Crippen LogP contribution in [0.5, 0.6) is 0 Å². The molecular formula is C18H22BrN3O. The van der Waals surface area contributed by atoms with Crippen molar-refractivity contribution in [2.75, 3.05) is 30.9 Å². The summed E-state index contributed by atoms with van der Waals surface area (Å²) in [5.74, 6) is 0.997. The van der Waals surface area contributed by atoms with Crippen molar-refractivity contribution >= 4 is 33.3 Å². The van der Waals surface area contributed by atoms with E-state index in [-0.39, 0.29) is 5.91 Å². The van der Waals surface area contributed by atoms with Crippen LogP contribution >= 0.6 is 15.9 Å². The van der Waals surface area contributed by atoms with Crippen molar-refractivity contribution in [3.8, 4) is 0 Å². The highest BCUT2D eigenvalue weighted by molar-refractivity contribution is 9.10. The van der Waals surface area contributed by atoms with Gasteiger partial charge in [0.25, 0.3) is 5.91 Å². The maximum absolute atomic E-state index is 12.9. The quantitative estimate of drug-likeness (QED) is 0.798.